The van der Waals surface area contributed by atoms with Crippen LogP contribution < -0.4 is 0 Å². The average Bonchev–Trinajstić information content (AvgIpc) is 2.57. The molecule has 0 unspecified atom stereocenters. The van der Waals surface area contributed by atoms with Crippen LogP contribution in [0.25, 0.3) is 10.9 Å². The fraction of sp³-hybridized carbons (Fsp3) is 0.250. The SMILES string of the molecule is CCOC(=O)c1cc2c(Cl)cc(Cl)cc2n1C. The molecule has 2 rings (SSSR count). The molecule has 90 valence electrons. The number of aromatic nitrogens is 1. The van der Waals surface area contributed by atoms with Crippen LogP contribution in [0.2, 0.25) is 10.0 Å². The van der Waals surface area contributed by atoms with Gasteiger partial charge >= 0.3 is 5.97 Å². The van der Waals surface area contributed by atoms with Crippen molar-refractivity contribution in [3.05, 3.63) is 33.9 Å². The van der Waals surface area contributed by atoms with Crippen LogP contribution in [0.4, 0.5) is 0 Å². The first kappa shape index (κ1) is 12.3. The lowest BCUT2D eigenvalue weighted by Crippen LogP contribution is -2.09. The summed E-state index contributed by atoms with van der Waals surface area (Å²) in [5, 5.41) is 1.86. The van der Waals surface area contributed by atoms with Gasteiger partial charge in [-0.3, -0.25) is 0 Å². The Bertz CT molecular complexity index is 590. The zero-order valence-electron chi connectivity index (χ0n) is 9.46. The van der Waals surface area contributed by atoms with Crippen LogP contribution in [-0.2, 0) is 11.8 Å². The Kier molecular flexibility index (Phi) is 3.31. The molecule has 0 aliphatic rings. The van der Waals surface area contributed by atoms with E-state index in [1.165, 1.54) is 0 Å². The van der Waals surface area contributed by atoms with E-state index in [1.807, 2.05) is 0 Å². The first-order valence-corrected chi connectivity index (χ1v) is 5.91. The first-order valence-electron chi connectivity index (χ1n) is 5.16. The quantitative estimate of drug-likeness (QED) is 0.781. The largest absolute Gasteiger partial charge is 0.461 e. The normalized spacial score (nSPS) is 10.8. The molecule has 1 heterocycles. The van der Waals surface area contributed by atoms with Crippen molar-refractivity contribution >= 4 is 40.1 Å². The van der Waals surface area contributed by atoms with Crippen LogP contribution in [0.5, 0.6) is 0 Å². The van der Waals surface area contributed by atoms with Gasteiger partial charge in [0.2, 0.25) is 0 Å². The summed E-state index contributed by atoms with van der Waals surface area (Å²) in [6.45, 7) is 2.11. The molecule has 5 heteroatoms. The number of esters is 1. The molecule has 0 amide bonds. The van der Waals surface area contributed by atoms with Crippen molar-refractivity contribution in [1.82, 2.24) is 4.57 Å². The second kappa shape index (κ2) is 4.59. The fourth-order valence-corrected chi connectivity index (χ4v) is 2.29. The molecule has 0 atom stereocenters. The number of fused-ring (bicyclic) bond motifs is 1. The third kappa shape index (κ3) is 2.13. The third-order valence-electron chi connectivity index (χ3n) is 2.56. The Morgan fingerprint density at radius 1 is 1.35 bits per heavy atom. The van der Waals surface area contributed by atoms with Crippen LogP contribution in [0.1, 0.15) is 17.4 Å². The maximum absolute atomic E-state index is 11.7. The second-order valence-corrected chi connectivity index (χ2v) is 4.47. The van der Waals surface area contributed by atoms with Crippen molar-refractivity contribution in [2.75, 3.05) is 6.61 Å². The number of hydrogen-bond donors (Lipinski definition) is 0. The van der Waals surface area contributed by atoms with Crippen LogP contribution in [0.3, 0.4) is 0 Å². The summed E-state index contributed by atoms with van der Waals surface area (Å²) in [5.41, 5.74) is 1.27. The molecule has 0 radical (unpaired) electrons. The number of carbonyl (C=O) groups is 1. The summed E-state index contributed by atoms with van der Waals surface area (Å²) in [7, 11) is 1.78. The minimum absolute atomic E-state index is 0.342. The standard InChI is InChI=1S/C12H11Cl2NO2/c1-3-17-12(16)11-6-8-9(14)4-7(13)5-10(8)15(11)2/h4-6H,3H2,1-2H3. The first-order chi connectivity index (χ1) is 8.04. The van der Waals surface area contributed by atoms with Gasteiger partial charge in [-0.15, -0.1) is 0 Å². The Labute approximate surface area is 109 Å². The molecule has 0 spiro atoms. The van der Waals surface area contributed by atoms with Gasteiger partial charge in [-0.2, -0.15) is 0 Å². The molecule has 3 nitrogen and oxygen atoms in total. The number of nitrogens with zero attached hydrogens (tertiary/aromatic N) is 1. The molecule has 0 fully saturated rings. The molecule has 1 aromatic carbocycles. The van der Waals surface area contributed by atoms with Gasteiger partial charge in [-0.1, -0.05) is 23.2 Å². The number of benzene rings is 1. The van der Waals surface area contributed by atoms with Gasteiger partial charge in [0.15, 0.2) is 0 Å². The van der Waals surface area contributed by atoms with Crippen LogP contribution >= 0.6 is 23.2 Å². The smallest absolute Gasteiger partial charge is 0.354 e. The van der Waals surface area contributed by atoms with E-state index in [0.29, 0.717) is 22.3 Å². The highest BCUT2D eigenvalue weighted by Crippen LogP contribution is 2.30. The lowest BCUT2D eigenvalue weighted by molar-refractivity contribution is 0.0516. The van der Waals surface area contributed by atoms with Crippen molar-refractivity contribution in [1.29, 1.82) is 0 Å². The zero-order chi connectivity index (χ0) is 12.6. The van der Waals surface area contributed by atoms with E-state index >= 15 is 0 Å². The highest BCUT2D eigenvalue weighted by Gasteiger charge is 2.16. The van der Waals surface area contributed by atoms with E-state index < -0.39 is 0 Å². The van der Waals surface area contributed by atoms with Gasteiger partial charge in [0.25, 0.3) is 0 Å². The average molecular weight is 272 g/mol. The second-order valence-electron chi connectivity index (χ2n) is 3.63. The highest BCUT2D eigenvalue weighted by atomic mass is 35.5. The van der Waals surface area contributed by atoms with Gasteiger partial charge in [-0.05, 0) is 25.1 Å². The summed E-state index contributed by atoms with van der Waals surface area (Å²) in [4.78, 5) is 11.7. The van der Waals surface area contributed by atoms with Crippen molar-refractivity contribution in [3.63, 3.8) is 0 Å². The van der Waals surface area contributed by atoms with Crippen LogP contribution in [0, 0.1) is 0 Å². The molecule has 2 aromatic rings. The molecule has 0 saturated heterocycles. The van der Waals surface area contributed by atoms with E-state index in [0.717, 1.165) is 10.9 Å². The number of ether oxygens (including phenoxy) is 1. The molecule has 0 aliphatic heterocycles. The summed E-state index contributed by atoms with van der Waals surface area (Å²) in [6.07, 6.45) is 0. The molecule has 17 heavy (non-hydrogen) atoms. The predicted molar refractivity (Wildman–Crippen MR) is 68.9 cm³/mol. The number of halogens is 2. The number of rotatable bonds is 2. The number of carbonyl (C=O) groups excluding carboxylic acids is 1. The predicted octanol–water partition coefficient (Wildman–Crippen LogP) is 3.66. The topological polar surface area (TPSA) is 31.2 Å². The maximum atomic E-state index is 11.7. The lowest BCUT2D eigenvalue weighted by atomic mass is 10.2. The Morgan fingerprint density at radius 2 is 2.06 bits per heavy atom. The number of hydrogen-bond acceptors (Lipinski definition) is 2. The molecular weight excluding hydrogens is 261 g/mol. The maximum Gasteiger partial charge on any atom is 0.354 e. The van der Waals surface area contributed by atoms with Crippen molar-refractivity contribution in [3.8, 4) is 0 Å². The van der Waals surface area contributed by atoms with E-state index in [2.05, 4.69) is 0 Å². The van der Waals surface area contributed by atoms with Crippen LogP contribution in [0.15, 0.2) is 18.2 Å². The summed E-state index contributed by atoms with van der Waals surface area (Å²) < 4.78 is 6.70. The molecule has 0 aliphatic carbocycles. The van der Waals surface area contributed by atoms with E-state index in [1.54, 1.807) is 36.7 Å². The molecule has 0 bridgehead atoms. The molecule has 0 N–H and O–H groups in total. The monoisotopic (exact) mass is 271 g/mol. The minimum Gasteiger partial charge on any atom is -0.461 e. The summed E-state index contributed by atoms with van der Waals surface area (Å²) in [6, 6.07) is 5.14. The third-order valence-corrected chi connectivity index (χ3v) is 3.09. The van der Waals surface area contributed by atoms with Gasteiger partial charge in [-0.25, -0.2) is 4.79 Å². The van der Waals surface area contributed by atoms with Gasteiger partial charge in [0.1, 0.15) is 5.69 Å². The lowest BCUT2D eigenvalue weighted by Gasteiger charge is -2.03. The summed E-state index contributed by atoms with van der Waals surface area (Å²) >= 11 is 12.0. The zero-order valence-corrected chi connectivity index (χ0v) is 11.0. The van der Waals surface area contributed by atoms with Crippen molar-refractivity contribution in [2.24, 2.45) is 7.05 Å². The Balaban J connectivity index is 2.64. The van der Waals surface area contributed by atoms with E-state index in [-0.39, 0.29) is 5.97 Å². The van der Waals surface area contributed by atoms with Gasteiger partial charge in [0, 0.05) is 17.5 Å². The fourth-order valence-electron chi connectivity index (χ4n) is 1.76. The van der Waals surface area contributed by atoms with Crippen molar-refractivity contribution < 1.29 is 9.53 Å². The molecule has 1 aromatic heterocycles. The molecular formula is C12H11Cl2NO2. The Hall–Kier alpha value is -1.19. The minimum atomic E-state index is -0.363. The van der Waals surface area contributed by atoms with E-state index in [9.17, 15) is 4.79 Å². The van der Waals surface area contributed by atoms with Gasteiger partial charge < -0.3 is 9.30 Å². The number of aryl methyl sites for hydroxylation is 1. The van der Waals surface area contributed by atoms with Gasteiger partial charge in [0.05, 0.1) is 17.1 Å². The van der Waals surface area contributed by atoms with Crippen molar-refractivity contribution in [2.45, 2.75) is 6.92 Å². The Morgan fingerprint density at radius 3 is 2.71 bits per heavy atom. The molecule has 0 saturated carbocycles. The summed E-state index contributed by atoms with van der Waals surface area (Å²) in [5.74, 6) is -0.363. The van der Waals surface area contributed by atoms with E-state index in [4.69, 9.17) is 27.9 Å². The highest BCUT2D eigenvalue weighted by molar-refractivity contribution is 6.38. The van der Waals surface area contributed by atoms with Crippen LogP contribution in [-0.4, -0.2) is 17.1 Å².